The third-order valence-electron chi connectivity index (χ3n) is 4.39. The van der Waals surface area contributed by atoms with Crippen LogP contribution in [0.3, 0.4) is 0 Å². The Hall–Kier alpha value is -1.00. The molecule has 1 atom stereocenters. The average molecular weight is 433 g/mol. The maximum absolute atomic E-state index is 12.5. The van der Waals surface area contributed by atoms with Gasteiger partial charge >= 0.3 is 5.97 Å². The summed E-state index contributed by atoms with van der Waals surface area (Å²) in [5, 5.41) is 0. The van der Waals surface area contributed by atoms with E-state index in [1.54, 1.807) is 0 Å². The van der Waals surface area contributed by atoms with Crippen LogP contribution in [-0.2, 0) is 19.5 Å². The highest BCUT2D eigenvalue weighted by Gasteiger charge is 2.33. The molecule has 25 heavy (non-hydrogen) atoms. The summed E-state index contributed by atoms with van der Waals surface area (Å²) in [6.45, 7) is 2.47. The van der Waals surface area contributed by atoms with Gasteiger partial charge in [0.25, 0.3) is 0 Å². The lowest BCUT2D eigenvalue weighted by molar-refractivity contribution is -0.0277. The van der Waals surface area contributed by atoms with Crippen molar-refractivity contribution in [3.63, 3.8) is 0 Å². The summed E-state index contributed by atoms with van der Waals surface area (Å²) in [4.78, 5) is 14.1. The molecule has 3 rings (SSSR count). The number of esters is 1. The molecule has 0 aromatic heterocycles. The Morgan fingerprint density at radius 3 is 2.88 bits per heavy atom. The van der Waals surface area contributed by atoms with E-state index in [4.69, 9.17) is 4.74 Å². The SMILES string of the molecule is COC(=O)c1cc(S(=O)(=O)NC[C@H]2CN(C3CC3)CCO2)ccc1Br. The van der Waals surface area contributed by atoms with Gasteiger partial charge in [-0.15, -0.1) is 0 Å². The van der Waals surface area contributed by atoms with Gasteiger partial charge in [-0.1, -0.05) is 0 Å². The van der Waals surface area contributed by atoms with Gasteiger partial charge in [-0.2, -0.15) is 0 Å². The lowest BCUT2D eigenvalue weighted by atomic mass is 10.2. The normalized spacial score (nSPS) is 21.9. The highest BCUT2D eigenvalue weighted by atomic mass is 79.9. The van der Waals surface area contributed by atoms with Gasteiger partial charge in [-0.05, 0) is 47.0 Å². The predicted molar refractivity (Wildman–Crippen MR) is 95.0 cm³/mol. The summed E-state index contributed by atoms with van der Waals surface area (Å²) in [6, 6.07) is 4.90. The number of nitrogens with one attached hydrogen (secondary N) is 1. The van der Waals surface area contributed by atoms with E-state index >= 15 is 0 Å². The van der Waals surface area contributed by atoms with Crippen LogP contribution in [0, 0.1) is 0 Å². The maximum atomic E-state index is 12.5. The van der Waals surface area contributed by atoms with E-state index in [1.165, 1.54) is 38.2 Å². The van der Waals surface area contributed by atoms with Gasteiger partial charge in [0.2, 0.25) is 10.0 Å². The minimum absolute atomic E-state index is 0.0194. The maximum Gasteiger partial charge on any atom is 0.339 e. The molecule has 7 nitrogen and oxygen atoms in total. The monoisotopic (exact) mass is 432 g/mol. The van der Waals surface area contributed by atoms with Crippen molar-refractivity contribution in [1.82, 2.24) is 9.62 Å². The molecule has 0 bridgehead atoms. The number of carbonyl (C=O) groups is 1. The quantitative estimate of drug-likeness (QED) is 0.683. The van der Waals surface area contributed by atoms with Crippen LogP contribution in [0.2, 0.25) is 0 Å². The number of nitrogens with zero attached hydrogens (tertiary/aromatic N) is 1. The van der Waals surface area contributed by atoms with Gasteiger partial charge in [0.05, 0.1) is 30.3 Å². The van der Waals surface area contributed by atoms with Crippen LogP contribution in [-0.4, -0.2) is 64.8 Å². The van der Waals surface area contributed by atoms with E-state index < -0.39 is 16.0 Å². The third kappa shape index (κ3) is 4.59. The Kier molecular flexibility index (Phi) is 5.79. The van der Waals surface area contributed by atoms with Gasteiger partial charge in [0, 0.05) is 30.1 Å². The fourth-order valence-electron chi connectivity index (χ4n) is 2.86. The predicted octanol–water partition coefficient (Wildman–Crippen LogP) is 1.38. The van der Waals surface area contributed by atoms with Crippen molar-refractivity contribution < 1.29 is 22.7 Å². The number of benzene rings is 1. The molecular weight excluding hydrogens is 412 g/mol. The second-order valence-electron chi connectivity index (χ2n) is 6.20. The zero-order chi connectivity index (χ0) is 18.0. The molecule has 138 valence electrons. The molecule has 0 unspecified atom stereocenters. The van der Waals surface area contributed by atoms with Gasteiger partial charge < -0.3 is 9.47 Å². The Morgan fingerprint density at radius 1 is 1.44 bits per heavy atom. The first-order chi connectivity index (χ1) is 11.9. The summed E-state index contributed by atoms with van der Waals surface area (Å²) >= 11 is 3.22. The molecule has 1 aromatic carbocycles. The molecule has 1 heterocycles. The van der Waals surface area contributed by atoms with E-state index in [9.17, 15) is 13.2 Å². The zero-order valence-corrected chi connectivity index (χ0v) is 16.3. The standard InChI is InChI=1S/C16H21BrN2O5S/c1-23-16(20)14-8-13(4-5-15(14)17)25(21,22)18-9-12-10-19(6-7-24-12)11-2-3-11/h4-5,8,11-12,18H,2-3,6-7,9-10H2,1H3/t12-/m0/s1. The molecule has 0 amide bonds. The van der Waals surface area contributed by atoms with Crippen LogP contribution in [0.4, 0.5) is 0 Å². The summed E-state index contributed by atoms with van der Waals surface area (Å²) in [5.41, 5.74) is 0.166. The van der Waals surface area contributed by atoms with Crippen molar-refractivity contribution >= 4 is 31.9 Å². The third-order valence-corrected chi connectivity index (χ3v) is 6.50. The first-order valence-electron chi connectivity index (χ1n) is 8.14. The number of rotatable bonds is 6. The lowest BCUT2D eigenvalue weighted by Gasteiger charge is -2.33. The van der Waals surface area contributed by atoms with Crippen LogP contribution < -0.4 is 4.72 Å². The first-order valence-corrected chi connectivity index (χ1v) is 10.4. The number of ether oxygens (including phenoxy) is 2. The largest absolute Gasteiger partial charge is 0.465 e. The van der Waals surface area contributed by atoms with E-state index in [2.05, 4.69) is 30.3 Å². The molecule has 0 spiro atoms. The molecule has 2 fully saturated rings. The summed E-state index contributed by atoms with van der Waals surface area (Å²) < 4.78 is 38.5. The van der Waals surface area contributed by atoms with Crippen molar-refractivity contribution in [2.75, 3.05) is 33.4 Å². The highest BCUT2D eigenvalue weighted by Crippen LogP contribution is 2.28. The highest BCUT2D eigenvalue weighted by molar-refractivity contribution is 9.10. The minimum Gasteiger partial charge on any atom is -0.465 e. The van der Waals surface area contributed by atoms with E-state index in [0.29, 0.717) is 17.1 Å². The Balaban J connectivity index is 1.66. The van der Waals surface area contributed by atoms with Crippen molar-refractivity contribution in [3.8, 4) is 0 Å². The van der Waals surface area contributed by atoms with Crippen molar-refractivity contribution in [3.05, 3.63) is 28.2 Å². The number of hydrogen-bond acceptors (Lipinski definition) is 6. The fourth-order valence-corrected chi connectivity index (χ4v) is 4.36. The van der Waals surface area contributed by atoms with E-state index in [0.717, 1.165) is 13.1 Å². The minimum atomic E-state index is -3.74. The Bertz CT molecular complexity index is 751. The van der Waals surface area contributed by atoms with Crippen molar-refractivity contribution in [2.24, 2.45) is 0 Å². The Morgan fingerprint density at radius 2 is 2.20 bits per heavy atom. The number of halogens is 1. The Labute approximate surface area is 155 Å². The number of methoxy groups -OCH3 is 1. The molecule has 1 saturated carbocycles. The molecule has 1 saturated heterocycles. The van der Waals surface area contributed by atoms with Crippen LogP contribution >= 0.6 is 15.9 Å². The van der Waals surface area contributed by atoms with Crippen molar-refractivity contribution in [1.29, 1.82) is 0 Å². The molecule has 9 heteroatoms. The second kappa shape index (κ2) is 7.71. The molecule has 0 radical (unpaired) electrons. The smallest absolute Gasteiger partial charge is 0.339 e. The van der Waals surface area contributed by atoms with Gasteiger partial charge in [0.15, 0.2) is 0 Å². The van der Waals surface area contributed by atoms with Crippen LogP contribution in [0.1, 0.15) is 23.2 Å². The van der Waals surface area contributed by atoms with Crippen LogP contribution in [0.5, 0.6) is 0 Å². The number of carbonyl (C=O) groups excluding carboxylic acids is 1. The lowest BCUT2D eigenvalue weighted by Crippen LogP contribution is -2.48. The van der Waals surface area contributed by atoms with Gasteiger partial charge in [-0.25, -0.2) is 17.9 Å². The number of morpholine rings is 1. The fraction of sp³-hybridized carbons (Fsp3) is 0.562. The van der Waals surface area contributed by atoms with Gasteiger partial charge in [0.1, 0.15) is 0 Å². The molecule has 1 aliphatic heterocycles. The molecule has 1 N–H and O–H groups in total. The van der Waals surface area contributed by atoms with Gasteiger partial charge in [-0.3, -0.25) is 4.90 Å². The summed E-state index contributed by atoms with van der Waals surface area (Å²) in [6.07, 6.45) is 2.26. The summed E-state index contributed by atoms with van der Waals surface area (Å²) in [7, 11) is -2.49. The second-order valence-corrected chi connectivity index (χ2v) is 8.83. The zero-order valence-electron chi connectivity index (χ0n) is 13.9. The van der Waals surface area contributed by atoms with E-state index in [1.807, 2.05) is 0 Å². The summed E-state index contributed by atoms with van der Waals surface area (Å²) in [5.74, 6) is -0.598. The van der Waals surface area contributed by atoms with Crippen LogP contribution in [0.15, 0.2) is 27.6 Å². The molecule has 1 aliphatic carbocycles. The molecular formula is C16H21BrN2O5S. The number of sulfonamides is 1. The van der Waals surface area contributed by atoms with Crippen molar-refractivity contribution in [2.45, 2.75) is 29.9 Å². The molecule has 2 aliphatic rings. The van der Waals surface area contributed by atoms with Crippen LogP contribution in [0.25, 0.3) is 0 Å². The molecule has 1 aromatic rings. The average Bonchev–Trinajstić information content (AvgIpc) is 3.45. The first kappa shape index (κ1) is 18.8. The topological polar surface area (TPSA) is 84.9 Å². The van der Waals surface area contributed by atoms with E-state index in [-0.39, 0.29) is 23.1 Å². The number of hydrogen-bond donors (Lipinski definition) is 1.